The molecule has 0 aliphatic rings. The topological polar surface area (TPSA) is 110 Å². The van der Waals surface area contributed by atoms with Crippen LogP contribution in [0.1, 0.15) is 5.56 Å². The Morgan fingerprint density at radius 3 is 2.82 bits per heavy atom. The number of benzene rings is 1. The summed E-state index contributed by atoms with van der Waals surface area (Å²) in [6.45, 7) is -0.242. The van der Waals surface area contributed by atoms with E-state index in [0.29, 0.717) is 16.8 Å². The van der Waals surface area contributed by atoms with Crippen LogP contribution >= 0.6 is 0 Å². The summed E-state index contributed by atoms with van der Waals surface area (Å²) < 4.78 is 1.45. The molecular weight excluding hydrogens is 288 g/mol. The van der Waals surface area contributed by atoms with Gasteiger partial charge in [-0.2, -0.15) is 0 Å². The van der Waals surface area contributed by atoms with Crippen LogP contribution in [0.5, 0.6) is 0 Å². The number of nitro benzene ring substituents is 1. The molecule has 3 rings (SSSR count). The minimum atomic E-state index is -0.521. The maximum atomic E-state index is 11.2. The lowest BCUT2D eigenvalue weighted by Gasteiger charge is -1.99. The molecule has 0 fully saturated rings. The number of non-ortho nitro benzene ring substituents is 1. The Hall–Kier alpha value is -3.13. The number of hydrogen-bond donors (Lipinski definition) is 1. The van der Waals surface area contributed by atoms with Gasteiger partial charge in [0, 0.05) is 29.5 Å². The Kier molecular flexibility index (Phi) is 3.36. The summed E-state index contributed by atoms with van der Waals surface area (Å²) in [6, 6.07) is 9.14. The van der Waals surface area contributed by atoms with E-state index in [1.54, 1.807) is 24.4 Å². The van der Waals surface area contributed by atoms with Gasteiger partial charge in [-0.15, -0.1) is 4.91 Å². The third kappa shape index (κ3) is 2.11. The summed E-state index contributed by atoms with van der Waals surface area (Å²) >= 11 is 0. The van der Waals surface area contributed by atoms with Crippen LogP contribution in [0.2, 0.25) is 0 Å². The molecule has 0 bridgehead atoms. The monoisotopic (exact) mass is 298 g/mol. The molecule has 1 aromatic carbocycles. The van der Waals surface area contributed by atoms with Crippen LogP contribution in [0.15, 0.2) is 47.8 Å². The standard InChI is InChI=1S/C14H10N4O4/c19-8-10-4-2-6-17-13(10)15-12(14(17)16-20)9-3-1-5-11(7-9)18(21)22/h1-7,19H,8H2. The normalized spacial score (nSPS) is 10.8. The first kappa shape index (κ1) is 13.8. The van der Waals surface area contributed by atoms with Gasteiger partial charge in [-0.1, -0.05) is 18.2 Å². The molecule has 0 saturated carbocycles. The third-order valence-electron chi connectivity index (χ3n) is 3.29. The second kappa shape index (κ2) is 5.34. The molecular formula is C14H10N4O4. The number of fused-ring (bicyclic) bond motifs is 1. The first-order valence-electron chi connectivity index (χ1n) is 6.34. The highest BCUT2D eigenvalue weighted by atomic mass is 16.6. The lowest BCUT2D eigenvalue weighted by molar-refractivity contribution is -0.384. The maximum Gasteiger partial charge on any atom is 0.270 e. The van der Waals surface area contributed by atoms with Gasteiger partial charge in [-0.25, -0.2) is 4.98 Å². The van der Waals surface area contributed by atoms with Crippen molar-refractivity contribution in [2.24, 2.45) is 5.18 Å². The van der Waals surface area contributed by atoms with Crippen LogP contribution in [-0.2, 0) is 6.61 Å². The summed E-state index contributed by atoms with van der Waals surface area (Å²) in [7, 11) is 0. The number of nitro groups is 1. The highest BCUT2D eigenvalue weighted by Crippen LogP contribution is 2.33. The van der Waals surface area contributed by atoms with Gasteiger partial charge in [0.05, 0.1) is 11.5 Å². The predicted molar refractivity (Wildman–Crippen MR) is 78.7 cm³/mol. The van der Waals surface area contributed by atoms with Gasteiger partial charge in [0.2, 0.25) is 5.82 Å². The Bertz CT molecular complexity index is 888. The van der Waals surface area contributed by atoms with Crippen molar-refractivity contribution in [2.75, 3.05) is 0 Å². The zero-order valence-corrected chi connectivity index (χ0v) is 11.2. The highest BCUT2D eigenvalue weighted by molar-refractivity contribution is 5.76. The first-order chi connectivity index (χ1) is 10.7. The van der Waals surface area contributed by atoms with E-state index < -0.39 is 4.92 Å². The Morgan fingerprint density at radius 2 is 2.14 bits per heavy atom. The van der Waals surface area contributed by atoms with E-state index in [1.807, 2.05) is 0 Å². The predicted octanol–water partition coefficient (Wildman–Crippen LogP) is 2.80. The lowest BCUT2D eigenvalue weighted by Crippen LogP contribution is -1.90. The van der Waals surface area contributed by atoms with Gasteiger partial charge in [-0.3, -0.25) is 14.5 Å². The molecule has 0 unspecified atom stereocenters. The molecule has 2 aromatic heterocycles. The summed E-state index contributed by atoms with van der Waals surface area (Å²) in [5.74, 6) is 0.0331. The molecule has 110 valence electrons. The molecule has 0 saturated heterocycles. The van der Waals surface area contributed by atoms with Crippen molar-refractivity contribution in [3.63, 3.8) is 0 Å². The molecule has 3 aromatic rings. The summed E-state index contributed by atoms with van der Waals surface area (Å²) in [5.41, 5.74) is 1.47. The van der Waals surface area contributed by atoms with Crippen molar-refractivity contribution in [2.45, 2.75) is 6.61 Å². The Morgan fingerprint density at radius 1 is 1.32 bits per heavy atom. The fraction of sp³-hybridized carbons (Fsp3) is 0.0714. The quantitative estimate of drug-likeness (QED) is 0.452. The fourth-order valence-corrected chi connectivity index (χ4v) is 2.28. The van der Waals surface area contributed by atoms with Crippen LogP contribution in [0.3, 0.4) is 0 Å². The molecule has 8 nitrogen and oxygen atoms in total. The molecule has 8 heteroatoms. The molecule has 1 N–H and O–H groups in total. The molecule has 0 atom stereocenters. The molecule has 0 aliphatic heterocycles. The van der Waals surface area contributed by atoms with E-state index in [1.165, 1.54) is 22.6 Å². The molecule has 0 spiro atoms. The van der Waals surface area contributed by atoms with Crippen molar-refractivity contribution in [3.05, 3.63) is 63.2 Å². The van der Waals surface area contributed by atoms with E-state index in [9.17, 15) is 20.1 Å². The first-order valence-corrected chi connectivity index (χ1v) is 6.34. The van der Waals surface area contributed by atoms with E-state index in [2.05, 4.69) is 10.2 Å². The Labute approximate surface area is 123 Å². The number of aliphatic hydroxyl groups is 1. The van der Waals surface area contributed by atoms with Crippen LogP contribution < -0.4 is 0 Å². The number of nitroso groups, excluding NO2 is 1. The SMILES string of the molecule is O=Nc1c(-c2cccc([N+](=O)[O-])c2)nc2c(CO)cccn12. The van der Waals surface area contributed by atoms with Gasteiger partial charge < -0.3 is 5.11 Å². The minimum Gasteiger partial charge on any atom is -0.392 e. The molecule has 0 aliphatic carbocycles. The summed E-state index contributed by atoms with van der Waals surface area (Å²) in [6.07, 6.45) is 1.60. The summed E-state index contributed by atoms with van der Waals surface area (Å²) in [5, 5.41) is 23.2. The van der Waals surface area contributed by atoms with Crippen LogP contribution in [-0.4, -0.2) is 19.4 Å². The molecule has 22 heavy (non-hydrogen) atoms. The number of pyridine rings is 1. The Balaban J connectivity index is 2.29. The van der Waals surface area contributed by atoms with E-state index in [4.69, 9.17) is 0 Å². The van der Waals surface area contributed by atoms with Crippen molar-refractivity contribution in [1.82, 2.24) is 9.38 Å². The average molecular weight is 298 g/mol. The molecule has 2 heterocycles. The maximum absolute atomic E-state index is 11.2. The number of nitrogens with zero attached hydrogens (tertiary/aromatic N) is 4. The van der Waals surface area contributed by atoms with E-state index >= 15 is 0 Å². The summed E-state index contributed by atoms with van der Waals surface area (Å²) in [4.78, 5) is 25.9. The van der Waals surface area contributed by atoms with Gasteiger partial charge in [-0.05, 0) is 11.2 Å². The van der Waals surface area contributed by atoms with Gasteiger partial charge in [0.1, 0.15) is 11.3 Å². The van der Waals surface area contributed by atoms with Crippen LogP contribution in [0, 0.1) is 15.0 Å². The van der Waals surface area contributed by atoms with Crippen molar-refractivity contribution in [1.29, 1.82) is 0 Å². The second-order valence-corrected chi connectivity index (χ2v) is 4.57. The number of hydrogen-bond acceptors (Lipinski definition) is 6. The van der Waals surface area contributed by atoms with Crippen LogP contribution in [0.4, 0.5) is 11.5 Å². The zero-order valence-electron chi connectivity index (χ0n) is 11.2. The van der Waals surface area contributed by atoms with Crippen LogP contribution in [0.25, 0.3) is 16.9 Å². The van der Waals surface area contributed by atoms with Crippen molar-refractivity contribution < 1.29 is 10.0 Å². The second-order valence-electron chi connectivity index (χ2n) is 4.57. The smallest absolute Gasteiger partial charge is 0.270 e. The number of rotatable bonds is 4. The largest absolute Gasteiger partial charge is 0.392 e. The van der Waals surface area contributed by atoms with E-state index in [-0.39, 0.29) is 23.8 Å². The fourth-order valence-electron chi connectivity index (χ4n) is 2.28. The number of aliphatic hydroxyl groups excluding tert-OH is 1. The lowest BCUT2D eigenvalue weighted by atomic mass is 10.1. The van der Waals surface area contributed by atoms with Crippen molar-refractivity contribution >= 4 is 17.2 Å². The molecule has 0 amide bonds. The zero-order chi connectivity index (χ0) is 15.7. The van der Waals surface area contributed by atoms with Gasteiger partial charge in [0.15, 0.2) is 0 Å². The van der Waals surface area contributed by atoms with Crippen molar-refractivity contribution in [3.8, 4) is 11.3 Å². The minimum absolute atomic E-state index is 0.0331. The highest BCUT2D eigenvalue weighted by Gasteiger charge is 2.18. The number of imidazole rings is 1. The van der Waals surface area contributed by atoms with E-state index in [0.717, 1.165) is 0 Å². The number of aromatic nitrogens is 2. The molecule has 0 radical (unpaired) electrons. The van der Waals surface area contributed by atoms with Gasteiger partial charge >= 0.3 is 0 Å². The average Bonchev–Trinajstić information content (AvgIpc) is 2.93. The van der Waals surface area contributed by atoms with Gasteiger partial charge in [0.25, 0.3) is 5.69 Å². The third-order valence-corrected chi connectivity index (χ3v) is 3.29.